The van der Waals surface area contributed by atoms with Crippen molar-refractivity contribution in [3.8, 4) is 0 Å². The normalized spacial score (nSPS) is 19.0. The molecule has 1 aliphatic rings. The molecule has 140 valence electrons. The molecule has 1 heterocycles. The van der Waals surface area contributed by atoms with Crippen molar-refractivity contribution >= 4 is 34.4 Å². The molecule has 26 heavy (non-hydrogen) atoms. The lowest BCUT2D eigenvalue weighted by molar-refractivity contribution is 0.115. The fourth-order valence-corrected chi connectivity index (χ4v) is 3.79. The maximum atomic E-state index is 14.3. The molecular formula is C19H21BrClFN2O2. The molecular weight excluding hydrogens is 423 g/mol. The molecule has 1 aliphatic heterocycles. The van der Waals surface area contributed by atoms with Gasteiger partial charge in [0.2, 0.25) is 0 Å². The second-order valence-corrected chi connectivity index (χ2v) is 7.08. The van der Waals surface area contributed by atoms with Crippen LogP contribution in [0.2, 0.25) is 0 Å². The summed E-state index contributed by atoms with van der Waals surface area (Å²) in [5, 5.41) is 13.0. The van der Waals surface area contributed by atoms with Gasteiger partial charge in [-0.3, -0.25) is 4.90 Å². The van der Waals surface area contributed by atoms with E-state index in [1.165, 1.54) is 4.90 Å². The average molecular weight is 444 g/mol. The number of rotatable bonds is 5. The van der Waals surface area contributed by atoms with Gasteiger partial charge in [-0.05, 0) is 52.5 Å². The molecule has 0 bridgehead atoms. The van der Waals surface area contributed by atoms with Crippen molar-refractivity contribution in [1.29, 1.82) is 0 Å². The van der Waals surface area contributed by atoms with E-state index in [1.54, 1.807) is 18.2 Å². The fourth-order valence-electron chi connectivity index (χ4n) is 3.38. The number of nitrogens with one attached hydrogen (secondary N) is 1. The predicted octanol–water partition coefficient (Wildman–Crippen LogP) is 4.46. The summed E-state index contributed by atoms with van der Waals surface area (Å²) >= 11 is 3.21. The van der Waals surface area contributed by atoms with Gasteiger partial charge in [-0.25, -0.2) is 9.18 Å². The third-order valence-electron chi connectivity index (χ3n) is 4.62. The molecule has 1 fully saturated rings. The molecule has 2 aromatic carbocycles. The van der Waals surface area contributed by atoms with Gasteiger partial charge in [-0.1, -0.05) is 42.5 Å². The van der Waals surface area contributed by atoms with Crippen molar-refractivity contribution in [1.82, 2.24) is 10.2 Å². The van der Waals surface area contributed by atoms with E-state index in [2.05, 4.69) is 21.2 Å². The molecule has 2 aromatic rings. The van der Waals surface area contributed by atoms with Crippen molar-refractivity contribution < 1.29 is 14.3 Å². The quantitative estimate of drug-likeness (QED) is 0.717. The van der Waals surface area contributed by atoms with Crippen LogP contribution >= 0.6 is 28.3 Å². The lowest BCUT2D eigenvalue weighted by atomic mass is 9.99. The zero-order valence-corrected chi connectivity index (χ0v) is 16.5. The van der Waals surface area contributed by atoms with E-state index in [4.69, 9.17) is 0 Å². The van der Waals surface area contributed by atoms with Gasteiger partial charge in [0, 0.05) is 12.6 Å². The first kappa shape index (κ1) is 20.7. The molecule has 0 aliphatic carbocycles. The highest BCUT2D eigenvalue weighted by Crippen LogP contribution is 2.25. The number of carbonyl (C=O) groups is 1. The zero-order chi connectivity index (χ0) is 17.8. The Morgan fingerprint density at radius 1 is 1.23 bits per heavy atom. The van der Waals surface area contributed by atoms with E-state index in [-0.39, 0.29) is 30.3 Å². The minimum Gasteiger partial charge on any atom is -0.465 e. The summed E-state index contributed by atoms with van der Waals surface area (Å²) in [5.74, 6) is -0.278. The van der Waals surface area contributed by atoms with Gasteiger partial charge >= 0.3 is 6.09 Å². The predicted molar refractivity (Wildman–Crippen MR) is 105 cm³/mol. The number of benzene rings is 2. The van der Waals surface area contributed by atoms with E-state index in [0.717, 1.165) is 18.5 Å². The number of amides is 1. The molecule has 0 radical (unpaired) electrons. The Bertz CT molecular complexity index is 748. The molecule has 2 N–H and O–H groups in total. The lowest BCUT2D eigenvalue weighted by Gasteiger charge is -2.31. The number of hydrogen-bond acceptors (Lipinski definition) is 2. The van der Waals surface area contributed by atoms with Gasteiger partial charge in [0.15, 0.2) is 0 Å². The molecule has 2 atom stereocenters. The van der Waals surface area contributed by atoms with Crippen LogP contribution in [0.5, 0.6) is 0 Å². The van der Waals surface area contributed by atoms with E-state index in [9.17, 15) is 14.3 Å². The minimum atomic E-state index is -0.947. The Kier molecular flexibility index (Phi) is 7.43. The van der Waals surface area contributed by atoms with E-state index < -0.39 is 6.09 Å². The molecule has 4 nitrogen and oxygen atoms in total. The summed E-state index contributed by atoms with van der Waals surface area (Å²) in [6.45, 7) is 1.06. The summed E-state index contributed by atoms with van der Waals surface area (Å²) in [5.41, 5.74) is 1.54. The van der Waals surface area contributed by atoms with Crippen LogP contribution < -0.4 is 5.32 Å². The fraction of sp³-hybridized carbons (Fsp3) is 0.316. The van der Waals surface area contributed by atoms with Crippen molar-refractivity contribution in [3.63, 3.8) is 0 Å². The molecule has 3 rings (SSSR count). The molecule has 1 amide bonds. The molecule has 0 saturated carbocycles. The standard InChI is InChI=1S/C19H20BrFN2O2.ClH/c20-15-8-4-7-14(18(15)21)11-16-17(9-10-22-16)23(19(24)25)12-13-5-2-1-3-6-13;/h1-8,16-17,22H,9-12H2,(H,24,25);1H/t16-,17-;/m0./s1. The van der Waals surface area contributed by atoms with Crippen LogP contribution in [0.25, 0.3) is 0 Å². The van der Waals surface area contributed by atoms with Crippen LogP contribution in [-0.4, -0.2) is 34.7 Å². The van der Waals surface area contributed by atoms with E-state index in [0.29, 0.717) is 23.0 Å². The summed E-state index contributed by atoms with van der Waals surface area (Å²) in [6.07, 6.45) is 0.228. The summed E-state index contributed by atoms with van der Waals surface area (Å²) in [6, 6.07) is 14.5. The van der Waals surface area contributed by atoms with Crippen LogP contribution in [0.1, 0.15) is 17.5 Å². The highest BCUT2D eigenvalue weighted by atomic mass is 79.9. The summed E-state index contributed by atoms with van der Waals surface area (Å²) in [4.78, 5) is 13.3. The Hall–Kier alpha value is -1.63. The van der Waals surface area contributed by atoms with Crippen LogP contribution in [0.3, 0.4) is 0 Å². The Morgan fingerprint density at radius 2 is 1.96 bits per heavy atom. The van der Waals surface area contributed by atoms with Crippen molar-refractivity contribution in [2.24, 2.45) is 0 Å². The smallest absolute Gasteiger partial charge is 0.407 e. The molecule has 1 saturated heterocycles. The van der Waals surface area contributed by atoms with E-state index in [1.807, 2.05) is 30.3 Å². The number of halogens is 3. The summed E-state index contributed by atoms with van der Waals surface area (Å²) in [7, 11) is 0. The zero-order valence-electron chi connectivity index (χ0n) is 14.1. The Balaban J connectivity index is 0.00000243. The highest BCUT2D eigenvalue weighted by molar-refractivity contribution is 9.10. The van der Waals surface area contributed by atoms with Gasteiger partial charge in [0.25, 0.3) is 0 Å². The van der Waals surface area contributed by atoms with Gasteiger partial charge in [0.05, 0.1) is 10.5 Å². The Morgan fingerprint density at radius 3 is 2.65 bits per heavy atom. The van der Waals surface area contributed by atoms with Crippen LogP contribution in [0, 0.1) is 5.82 Å². The second-order valence-electron chi connectivity index (χ2n) is 6.23. The first-order valence-corrected chi connectivity index (χ1v) is 9.05. The monoisotopic (exact) mass is 442 g/mol. The topological polar surface area (TPSA) is 52.6 Å². The minimum absolute atomic E-state index is 0. The van der Waals surface area contributed by atoms with Gasteiger partial charge in [-0.2, -0.15) is 0 Å². The lowest BCUT2D eigenvalue weighted by Crippen LogP contribution is -2.47. The number of carboxylic acid groups (broad SMARTS) is 1. The average Bonchev–Trinajstić information content (AvgIpc) is 3.05. The molecule has 0 unspecified atom stereocenters. The molecule has 0 spiro atoms. The van der Waals surface area contributed by atoms with Gasteiger partial charge in [-0.15, -0.1) is 12.4 Å². The highest BCUT2D eigenvalue weighted by Gasteiger charge is 2.35. The molecule has 0 aromatic heterocycles. The summed E-state index contributed by atoms with van der Waals surface area (Å²) < 4.78 is 14.7. The number of hydrogen-bond donors (Lipinski definition) is 2. The maximum absolute atomic E-state index is 14.3. The first-order chi connectivity index (χ1) is 12.1. The number of nitrogens with zero attached hydrogens (tertiary/aromatic N) is 1. The van der Waals surface area contributed by atoms with Gasteiger partial charge in [0.1, 0.15) is 5.82 Å². The SMILES string of the molecule is Cl.O=C(O)N(Cc1ccccc1)[C@H]1CCN[C@H]1Cc1cccc(Br)c1F. The van der Waals surface area contributed by atoms with Crippen molar-refractivity contribution in [3.05, 3.63) is 69.9 Å². The van der Waals surface area contributed by atoms with E-state index >= 15 is 0 Å². The second kappa shape index (κ2) is 9.35. The third kappa shape index (κ3) is 4.75. The molecule has 7 heteroatoms. The van der Waals surface area contributed by atoms with Crippen LogP contribution in [0.15, 0.2) is 53.0 Å². The maximum Gasteiger partial charge on any atom is 0.407 e. The van der Waals surface area contributed by atoms with Crippen molar-refractivity contribution in [2.45, 2.75) is 31.5 Å². The third-order valence-corrected chi connectivity index (χ3v) is 5.24. The first-order valence-electron chi connectivity index (χ1n) is 8.26. The van der Waals surface area contributed by atoms with Crippen LogP contribution in [-0.2, 0) is 13.0 Å². The van der Waals surface area contributed by atoms with Gasteiger partial charge < -0.3 is 10.4 Å². The Labute approximate surface area is 166 Å². The van der Waals surface area contributed by atoms with Crippen LogP contribution in [0.4, 0.5) is 9.18 Å². The largest absolute Gasteiger partial charge is 0.465 e. The van der Waals surface area contributed by atoms with Crippen molar-refractivity contribution in [2.75, 3.05) is 6.54 Å².